The number of imidazole rings is 1. The summed E-state index contributed by atoms with van der Waals surface area (Å²) in [5.74, 6) is 0.254. The number of aliphatic hydroxyl groups excluding tert-OH is 2. The molecule has 1 fully saturated rings. The number of aliphatic hydroxyl groups is 2. The monoisotopic (exact) mass is 399 g/mol. The summed E-state index contributed by atoms with van der Waals surface area (Å²) in [7, 11) is -0.235. The molecule has 0 aromatic carbocycles. The number of carbonyl (C=O) groups is 1. The van der Waals surface area contributed by atoms with Crippen LogP contribution in [0.2, 0.25) is 0 Å². The topological polar surface area (TPSA) is 183 Å². The molecule has 1 saturated heterocycles. The summed E-state index contributed by atoms with van der Waals surface area (Å²) < 4.78 is 7.41. The van der Waals surface area contributed by atoms with E-state index in [9.17, 15) is 15.0 Å². The molecule has 27 heavy (non-hydrogen) atoms. The van der Waals surface area contributed by atoms with E-state index in [1.165, 1.54) is 17.2 Å². The maximum atomic E-state index is 10.8. The Kier molecular flexibility index (Phi) is 5.81. The molecule has 7 N–H and O–H groups in total. The van der Waals surface area contributed by atoms with Gasteiger partial charge in [0.25, 0.3) is 0 Å². The Labute approximate surface area is 157 Å². The van der Waals surface area contributed by atoms with E-state index in [4.69, 9.17) is 21.3 Å². The highest BCUT2D eigenvalue weighted by atomic mass is 32.2. The number of hydrogen-bond acceptors (Lipinski definition) is 9. The van der Waals surface area contributed by atoms with Crippen LogP contribution < -0.4 is 11.5 Å². The molecular formula is C15H23N6O5S+. The van der Waals surface area contributed by atoms with E-state index in [2.05, 4.69) is 15.0 Å². The van der Waals surface area contributed by atoms with Crippen molar-refractivity contribution in [1.82, 2.24) is 19.5 Å². The minimum Gasteiger partial charge on any atom is -0.480 e. The predicted molar refractivity (Wildman–Crippen MR) is 98.9 cm³/mol. The first kappa shape index (κ1) is 19.8. The van der Waals surface area contributed by atoms with Crippen molar-refractivity contribution in [1.29, 1.82) is 0 Å². The lowest BCUT2D eigenvalue weighted by Gasteiger charge is -2.16. The molecule has 1 aliphatic rings. The molecule has 12 heteroatoms. The summed E-state index contributed by atoms with van der Waals surface area (Å²) in [4.78, 5) is 23.0. The summed E-state index contributed by atoms with van der Waals surface area (Å²) >= 11 is 0. The number of carboxylic acid groups (broad SMARTS) is 1. The van der Waals surface area contributed by atoms with E-state index in [0.717, 1.165) is 0 Å². The number of ether oxygens (including phenoxy) is 1. The molecule has 11 nitrogen and oxygen atoms in total. The van der Waals surface area contributed by atoms with E-state index in [-0.39, 0.29) is 16.7 Å². The first-order chi connectivity index (χ1) is 12.8. The Morgan fingerprint density at radius 3 is 2.81 bits per heavy atom. The second kappa shape index (κ2) is 7.94. The lowest BCUT2D eigenvalue weighted by atomic mass is 10.1. The summed E-state index contributed by atoms with van der Waals surface area (Å²) in [6, 6.07) is -0.907. The number of aromatic nitrogens is 4. The zero-order valence-corrected chi connectivity index (χ0v) is 15.5. The first-order valence-electron chi connectivity index (χ1n) is 8.31. The molecule has 0 radical (unpaired) electrons. The van der Waals surface area contributed by atoms with Gasteiger partial charge in [-0.3, -0.25) is 9.36 Å². The van der Waals surface area contributed by atoms with Gasteiger partial charge in [0, 0.05) is 6.42 Å². The van der Waals surface area contributed by atoms with Crippen molar-refractivity contribution in [2.45, 2.75) is 37.0 Å². The van der Waals surface area contributed by atoms with Gasteiger partial charge in [-0.25, -0.2) is 15.0 Å². The van der Waals surface area contributed by atoms with Crippen LogP contribution in [0.25, 0.3) is 11.2 Å². The van der Waals surface area contributed by atoms with Crippen molar-refractivity contribution in [3.05, 3.63) is 12.7 Å². The number of aliphatic carboxylic acids is 1. The lowest BCUT2D eigenvalue weighted by molar-refractivity contribution is -0.138. The maximum absolute atomic E-state index is 10.8. The average molecular weight is 399 g/mol. The summed E-state index contributed by atoms with van der Waals surface area (Å²) in [6.45, 7) is 0. The number of nitrogen functional groups attached to an aromatic ring is 1. The number of nitrogens with two attached hydrogens (primary N) is 2. The first-order valence-corrected chi connectivity index (χ1v) is 10.3. The van der Waals surface area contributed by atoms with Crippen LogP contribution in [0.1, 0.15) is 12.6 Å². The number of hydrogen-bond donors (Lipinski definition) is 5. The van der Waals surface area contributed by atoms with Crippen molar-refractivity contribution in [3.8, 4) is 0 Å². The number of anilines is 1. The molecule has 1 aliphatic heterocycles. The Morgan fingerprint density at radius 2 is 2.11 bits per heavy atom. The predicted octanol–water partition coefficient (Wildman–Crippen LogP) is -1.92. The maximum Gasteiger partial charge on any atom is 0.320 e. The molecule has 0 spiro atoms. The molecule has 1 unspecified atom stereocenters. The molecule has 148 valence electrons. The molecular weight excluding hydrogens is 376 g/mol. The molecule has 0 bridgehead atoms. The standard InChI is InChI=1S/C15H22N6O5S/c1-27(3-2-7(16)15(24)25)4-8-10(22)11(23)14(26-8)21-6-20-9-12(17)18-5-19-13(9)21/h5-8,10-11,14,22-23H,2-4,16H2,1H3,(H2-,17,18,19,24,25)/p+1/t7-,8-,10+,11+,14-,27?/m0/s1. The van der Waals surface area contributed by atoms with Gasteiger partial charge in [0.1, 0.15) is 47.7 Å². The van der Waals surface area contributed by atoms with Crippen LogP contribution in [0.5, 0.6) is 0 Å². The van der Waals surface area contributed by atoms with E-state index < -0.39 is 36.6 Å². The molecule has 3 rings (SSSR count). The molecule has 0 aliphatic carbocycles. The number of carboxylic acids is 1. The summed E-state index contributed by atoms with van der Waals surface area (Å²) in [5, 5.41) is 29.7. The third-order valence-corrected chi connectivity index (χ3v) is 6.37. The van der Waals surface area contributed by atoms with Crippen LogP contribution >= 0.6 is 0 Å². The molecule has 0 saturated carbocycles. The molecule has 0 amide bonds. The van der Waals surface area contributed by atoms with Crippen molar-refractivity contribution in [3.63, 3.8) is 0 Å². The van der Waals surface area contributed by atoms with Gasteiger partial charge in [0.2, 0.25) is 0 Å². The SMILES string of the molecule is C[S+](CC[C@H](N)C(=O)O)C[C@@H]1O[C@H](n2cnc3c(N)ncnc32)[C@H](O)[C@@H]1O. The highest BCUT2D eigenvalue weighted by Crippen LogP contribution is 2.32. The van der Waals surface area contributed by atoms with Crippen LogP contribution in [0, 0.1) is 0 Å². The normalized spacial score (nSPS) is 27.7. The van der Waals surface area contributed by atoms with Crippen LogP contribution in [0.4, 0.5) is 5.82 Å². The van der Waals surface area contributed by atoms with Crippen molar-refractivity contribution in [2.75, 3.05) is 23.5 Å². The van der Waals surface area contributed by atoms with Crippen molar-refractivity contribution < 1.29 is 24.9 Å². The van der Waals surface area contributed by atoms with Gasteiger partial charge < -0.3 is 31.5 Å². The lowest BCUT2D eigenvalue weighted by Crippen LogP contribution is -2.37. The fraction of sp³-hybridized carbons (Fsp3) is 0.600. The average Bonchev–Trinajstić information content (AvgIpc) is 3.17. The fourth-order valence-electron chi connectivity index (χ4n) is 2.97. The Balaban J connectivity index is 1.68. The van der Waals surface area contributed by atoms with Crippen LogP contribution in [-0.4, -0.2) is 82.9 Å². The number of rotatable bonds is 7. The van der Waals surface area contributed by atoms with E-state index in [1.54, 1.807) is 0 Å². The van der Waals surface area contributed by atoms with Crippen LogP contribution in [0.15, 0.2) is 12.7 Å². The van der Waals surface area contributed by atoms with Crippen LogP contribution in [0.3, 0.4) is 0 Å². The number of fused-ring (bicyclic) bond motifs is 1. The van der Waals surface area contributed by atoms with Gasteiger partial charge in [0.15, 0.2) is 17.7 Å². The highest BCUT2D eigenvalue weighted by Gasteiger charge is 2.46. The van der Waals surface area contributed by atoms with Crippen molar-refractivity contribution in [2.24, 2.45) is 5.73 Å². The fourth-order valence-corrected chi connectivity index (χ4v) is 4.63. The van der Waals surface area contributed by atoms with E-state index in [1.807, 2.05) is 6.26 Å². The zero-order chi connectivity index (χ0) is 19.7. The summed E-state index contributed by atoms with van der Waals surface area (Å²) in [5.41, 5.74) is 12.1. The third kappa shape index (κ3) is 3.99. The molecule has 2 aromatic rings. The Morgan fingerprint density at radius 1 is 1.37 bits per heavy atom. The second-order valence-electron chi connectivity index (χ2n) is 6.51. The minimum atomic E-state index is -1.16. The van der Waals surface area contributed by atoms with Crippen molar-refractivity contribution >= 4 is 33.8 Å². The zero-order valence-electron chi connectivity index (χ0n) is 14.7. The molecule has 2 aromatic heterocycles. The summed E-state index contributed by atoms with van der Waals surface area (Å²) in [6.07, 6.45) is 1.31. The van der Waals surface area contributed by atoms with Crippen LogP contribution in [-0.2, 0) is 20.4 Å². The van der Waals surface area contributed by atoms with Gasteiger partial charge in [-0.05, 0) is 10.9 Å². The smallest absolute Gasteiger partial charge is 0.320 e. The van der Waals surface area contributed by atoms with Gasteiger partial charge >= 0.3 is 5.97 Å². The molecule has 6 atom stereocenters. The van der Waals surface area contributed by atoms with Gasteiger partial charge in [-0.2, -0.15) is 0 Å². The molecule has 3 heterocycles. The largest absolute Gasteiger partial charge is 0.480 e. The quantitative estimate of drug-likeness (QED) is 0.329. The van der Waals surface area contributed by atoms with Gasteiger partial charge in [-0.1, -0.05) is 0 Å². The van der Waals surface area contributed by atoms with E-state index in [0.29, 0.717) is 29.1 Å². The third-order valence-electron chi connectivity index (χ3n) is 4.54. The van der Waals surface area contributed by atoms with E-state index >= 15 is 0 Å². The Bertz CT molecular complexity index is 819. The second-order valence-corrected chi connectivity index (χ2v) is 8.82. The highest BCUT2D eigenvalue weighted by molar-refractivity contribution is 7.96. The van der Waals surface area contributed by atoms with Gasteiger partial charge in [0.05, 0.1) is 12.6 Å². The number of nitrogens with zero attached hydrogens (tertiary/aromatic N) is 4. The Hall–Kier alpha value is -1.99. The van der Waals surface area contributed by atoms with Gasteiger partial charge in [-0.15, -0.1) is 0 Å². The minimum absolute atomic E-state index is 0.216.